The highest BCUT2D eigenvalue weighted by molar-refractivity contribution is 6.38. The van der Waals surface area contributed by atoms with Crippen LogP contribution in [0.3, 0.4) is 0 Å². The Morgan fingerprint density at radius 2 is 1.64 bits per heavy atom. The van der Waals surface area contributed by atoms with Crippen molar-refractivity contribution in [3.8, 4) is 0 Å². The molecule has 2 aromatic carbocycles. The number of benzene rings is 2. The van der Waals surface area contributed by atoms with Crippen LogP contribution in [-0.2, 0) is 0 Å². The Morgan fingerprint density at radius 1 is 0.960 bits per heavy atom. The van der Waals surface area contributed by atoms with Crippen LogP contribution in [0.1, 0.15) is 31.1 Å². The minimum Gasteiger partial charge on any atom is -0.267 e. The van der Waals surface area contributed by atoms with Gasteiger partial charge in [-0.2, -0.15) is 5.01 Å². The molecule has 3 aromatic rings. The molecule has 0 saturated carbocycles. The van der Waals surface area contributed by atoms with Crippen molar-refractivity contribution in [2.75, 3.05) is 0 Å². The number of carbonyl (C=O) groups is 3. The van der Waals surface area contributed by atoms with Crippen LogP contribution in [0.15, 0.2) is 54.9 Å². The van der Waals surface area contributed by atoms with E-state index in [4.69, 9.17) is 11.6 Å². The summed E-state index contributed by atoms with van der Waals surface area (Å²) >= 11 is 6.17. The van der Waals surface area contributed by atoms with E-state index in [-0.39, 0.29) is 5.56 Å². The van der Waals surface area contributed by atoms with Crippen LogP contribution in [0.25, 0.3) is 10.8 Å². The lowest BCUT2D eigenvalue weighted by molar-refractivity contribution is 0.0479. The number of pyridine rings is 1. The van der Waals surface area contributed by atoms with Gasteiger partial charge in [-0.25, -0.2) is 0 Å². The molecular weight excluding hydrogens is 342 g/mol. The van der Waals surface area contributed by atoms with Crippen LogP contribution in [0, 0.1) is 0 Å². The average molecular weight is 352 g/mol. The predicted octanol–water partition coefficient (Wildman–Crippen LogP) is 2.83. The molecule has 25 heavy (non-hydrogen) atoms. The summed E-state index contributed by atoms with van der Waals surface area (Å²) in [5.41, 5.74) is 3.28. The van der Waals surface area contributed by atoms with E-state index in [1.807, 2.05) is 0 Å². The molecule has 3 amide bonds. The summed E-state index contributed by atoms with van der Waals surface area (Å²) in [5.74, 6) is -1.78. The van der Waals surface area contributed by atoms with E-state index < -0.39 is 17.7 Å². The minimum atomic E-state index is -0.604. The number of hydrogen-bond donors (Lipinski definition) is 1. The quantitative estimate of drug-likeness (QED) is 0.720. The van der Waals surface area contributed by atoms with Crippen molar-refractivity contribution < 1.29 is 14.4 Å². The number of rotatable bonds is 2. The monoisotopic (exact) mass is 351 g/mol. The molecule has 1 aliphatic heterocycles. The van der Waals surface area contributed by atoms with Gasteiger partial charge in [0.05, 0.1) is 11.1 Å². The maximum Gasteiger partial charge on any atom is 0.280 e. The zero-order valence-electron chi connectivity index (χ0n) is 12.7. The van der Waals surface area contributed by atoms with Crippen LogP contribution >= 0.6 is 11.6 Å². The van der Waals surface area contributed by atoms with Crippen LogP contribution in [-0.4, -0.2) is 27.7 Å². The molecule has 0 unspecified atom stereocenters. The van der Waals surface area contributed by atoms with E-state index in [1.165, 1.54) is 24.5 Å². The van der Waals surface area contributed by atoms with Crippen molar-refractivity contribution in [1.29, 1.82) is 0 Å². The van der Waals surface area contributed by atoms with E-state index in [2.05, 4.69) is 10.4 Å². The van der Waals surface area contributed by atoms with Crippen molar-refractivity contribution in [2.24, 2.45) is 0 Å². The molecule has 7 heteroatoms. The smallest absolute Gasteiger partial charge is 0.267 e. The number of amides is 3. The van der Waals surface area contributed by atoms with Gasteiger partial charge in [0.25, 0.3) is 17.7 Å². The fourth-order valence-electron chi connectivity index (χ4n) is 2.83. The third-order valence-corrected chi connectivity index (χ3v) is 4.34. The normalized spacial score (nSPS) is 13.2. The predicted molar refractivity (Wildman–Crippen MR) is 91.2 cm³/mol. The molecule has 0 saturated heterocycles. The topological polar surface area (TPSA) is 79.4 Å². The fraction of sp³-hybridized carbons (Fsp3) is 0. The first kappa shape index (κ1) is 15.3. The maximum absolute atomic E-state index is 12.7. The molecule has 1 aliphatic rings. The number of carbonyl (C=O) groups excluding carboxylic acids is 3. The third-order valence-electron chi connectivity index (χ3n) is 4.01. The highest BCUT2D eigenvalue weighted by Crippen LogP contribution is 2.33. The van der Waals surface area contributed by atoms with Crippen molar-refractivity contribution in [2.45, 2.75) is 0 Å². The molecule has 0 spiro atoms. The fourth-order valence-corrected chi connectivity index (χ4v) is 3.05. The summed E-state index contributed by atoms with van der Waals surface area (Å²) in [5, 5.41) is 2.31. The van der Waals surface area contributed by atoms with Gasteiger partial charge in [-0.3, -0.25) is 24.8 Å². The lowest BCUT2D eigenvalue weighted by atomic mass is 9.95. The first-order chi connectivity index (χ1) is 12.1. The second kappa shape index (κ2) is 5.68. The van der Waals surface area contributed by atoms with Crippen LogP contribution in [0.2, 0.25) is 5.02 Å². The summed E-state index contributed by atoms with van der Waals surface area (Å²) in [4.78, 5) is 41.6. The van der Waals surface area contributed by atoms with E-state index >= 15 is 0 Å². The van der Waals surface area contributed by atoms with Gasteiger partial charge in [-0.05, 0) is 30.3 Å². The summed E-state index contributed by atoms with van der Waals surface area (Å²) in [6.45, 7) is 0. The first-order valence-electron chi connectivity index (χ1n) is 7.39. The van der Waals surface area contributed by atoms with Gasteiger partial charge < -0.3 is 0 Å². The number of hydrazine groups is 1. The number of halogens is 1. The van der Waals surface area contributed by atoms with Crippen LogP contribution < -0.4 is 5.43 Å². The number of aromatic nitrogens is 1. The maximum atomic E-state index is 12.7. The van der Waals surface area contributed by atoms with E-state index in [9.17, 15) is 14.4 Å². The summed E-state index contributed by atoms with van der Waals surface area (Å²) in [7, 11) is 0. The zero-order valence-corrected chi connectivity index (χ0v) is 13.4. The lowest BCUT2D eigenvalue weighted by Gasteiger charge is -2.27. The number of nitrogens with one attached hydrogen (secondary N) is 1. The Labute approximate surface area is 147 Å². The van der Waals surface area contributed by atoms with Gasteiger partial charge in [-0.15, -0.1) is 0 Å². The molecular formula is C18H10ClN3O3. The Bertz CT molecular complexity index is 1030. The molecule has 0 atom stereocenters. The SMILES string of the molecule is O=C(NN1C(=O)c2cccc3c(Cl)ccc(c23)C1=O)c1ccncc1. The van der Waals surface area contributed by atoms with Crippen molar-refractivity contribution in [1.82, 2.24) is 15.4 Å². The van der Waals surface area contributed by atoms with E-state index in [1.54, 1.807) is 30.3 Å². The Hall–Kier alpha value is -3.25. The van der Waals surface area contributed by atoms with Gasteiger partial charge >= 0.3 is 0 Å². The summed E-state index contributed by atoms with van der Waals surface area (Å²) < 4.78 is 0. The van der Waals surface area contributed by atoms with Crippen molar-refractivity contribution in [3.05, 3.63) is 76.6 Å². The Balaban J connectivity index is 1.78. The van der Waals surface area contributed by atoms with Gasteiger partial charge in [-0.1, -0.05) is 23.7 Å². The Morgan fingerprint density at radius 3 is 2.36 bits per heavy atom. The number of hydrogen-bond acceptors (Lipinski definition) is 4. The first-order valence-corrected chi connectivity index (χ1v) is 7.77. The van der Waals surface area contributed by atoms with Gasteiger partial charge in [0, 0.05) is 33.8 Å². The van der Waals surface area contributed by atoms with Crippen molar-refractivity contribution >= 4 is 40.1 Å². The molecule has 4 rings (SSSR count). The van der Waals surface area contributed by atoms with Crippen LogP contribution in [0.5, 0.6) is 0 Å². The molecule has 0 aliphatic carbocycles. The summed E-state index contributed by atoms with van der Waals surface area (Å²) in [6, 6.07) is 11.2. The number of imide groups is 1. The molecule has 0 radical (unpaired) electrons. The Kier molecular flexibility index (Phi) is 3.47. The van der Waals surface area contributed by atoms with Crippen molar-refractivity contribution in [3.63, 3.8) is 0 Å². The average Bonchev–Trinajstić information content (AvgIpc) is 2.65. The molecule has 0 bridgehead atoms. The largest absolute Gasteiger partial charge is 0.280 e. The molecule has 2 heterocycles. The van der Waals surface area contributed by atoms with Gasteiger partial charge in [0.15, 0.2) is 0 Å². The molecule has 1 N–H and O–H groups in total. The summed E-state index contributed by atoms with van der Waals surface area (Å²) in [6.07, 6.45) is 2.90. The molecule has 0 fully saturated rings. The standard InChI is InChI=1S/C18H10ClN3O3/c19-14-5-4-13-15-11(14)2-1-3-12(15)17(24)22(18(13)25)21-16(23)10-6-8-20-9-7-10/h1-9H,(H,21,23). The number of nitrogens with zero attached hydrogens (tertiary/aromatic N) is 2. The van der Waals surface area contributed by atoms with Gasteiger partial charge in [0.2, 0.25) is 0 Å². The lowest BCUT2D eigenvalue weighted by Crippen LogP contribution is -2.51. The third kappa shape index (κ3) is 2.35. The van der Waals surface area contributed by atoms with E-state index in [0.29, 0.717) is 26.9 Å². The van der Waals surface area contributed by atoms with Crippen LogP contribution in [0.4, 0.5) is 0 Å². The molecule has 1 aromatic heterocycles. The molecule has 122 valence electrons. The highest BCUT2D eigenvalue weighted by atomic mass is 35.5. The van der Waals surface area contributed by atoms with Gasteiger partial charge in [0.1, 0.15) is 0 Å². The zero-order chi connectivity index (χ0) is 17.6. The minimum absolute atomic E-state index is 0.288. The molecule has 6 nitrogen and oxygen atoms in total. The van der Waals surface area contributed by atoms with E-state index in [0.717, 1.165) is 5.01 Å². The second-order valence-corrected chi connectivity index (χ2v) is 5.85. The second-order valence-electron chi connectivity index (χ2n) is 5.45. The highest BCUT2D eigenvalue weighted by Gasteiger charge is 2.34.